The molecule has 188 valence electrons. The van der Waals surface area contributed by atoms with Crippen molar-refractivity contribution >= 4 is 11.6 Å². The fourth-order valence-corrected chi connectivity index (χ4v) is 5.15. The zero-order valence-electron chi connectivity index (χ0n) is 20.2. The molecule has 8 heteroatoms. The summed E-state index contributed by atoms with van der Waals surface area (Å²) in [7, 11) is 0. The van der Waals surface area contributed by atoms with Crippen LogP contribution < -0.4 is 5.32 Å². The highest BCUT2D eigenvalue weighted by Crippen LogP contribution is 2.39. The average molecular weight is 483 g/mol. The maximum absolute atomic E-state index is 11.5. The molecule has 1 amide bonds. The third-order valence-corrected chi connectivity index (χ3v) is 6.99. The van der Waals surface area contributed by atoms with Gasteiger partial charge in [-0.15, -0.1) is 0 Å². The molecular formula is C27H34N2O6. The van der Waals surface area contributed by atoms with Crippen LogP contribution in [0.5, 0.6) is 0 Å². The van der Waals surface area contributed by atoms with Gasteiger partial charge in [0.2, 0.25) is 5.91 Å². The molecule has 1 spiro atoms. The van der Waals surface area contributed by atoms with Gasteiger partial charge < -0.3 is 34.3 Å². The number of carbonyl (C=O) groups is 1. The summed E-state index contributed by atoms with van der Waals surface area (Å²) in [6, 6.07) is 15.5. The molecule has 2 aromatic carbocycles. The molecule has 3 unspecified atom stereocenters. The number of likely N-dealkylation sites (tertiary alicyclic amines) is 1. The van der Waals surface area contributed by atoms with E-state index in [1.54, 1.807) is 0 Å². The highest BCUT2D eigenvalue weighted by Gasteiger charge is 2.41. The van der Waals surface area contributed by atoms with E-state index in [4.69, 9.17) is 18.9 Å². The van der Waals surface area contributed by atoms with Crippen LogP contribution in [0, 0.1) is 0 Å². The fraction of sp³-hybridized carbons (Fsp3) is 0.519. The van der Waals surface area contributed by atoms with Crippen LogP contribution >= 0.6 is 0 Å². The summed E-state index contributed by atoms with van der Waals surface area (Å²) in [5, 5.41) is 12.2. The maximum Gasteiger partial charge on any atom is 0.221 e. The second-order valence-corrected chi connectivity index (χ2v) is 9.57. The molecule has 3 aliphatic heterocycles. The van der Waals surface area contributed by atoms with Crippen molar-refractivity contribution in [3.8, 4) is 0 Å². The summed E-state index contributed by atoms with van der Waals surface area (Å²) in [5.41, 5.74) is 3.51. The summed E-state index contributed by atoms with van der Waals surface area (Å²) >= 11 is 0. The molecule has 3 heterocycles. The van der Waals surface area contributed by atoms with Crippen molar-refractivity contribution in [3.63, 3.8) is 0 Å². The van der Waals surface area contributed by atoms with E-state index in [9.17, 15) is 9.90 Å². The Morgan fingerprint density at radius 3 is 2.49 bits per heavy atom. The highest BCUT2D eigenvalue weighted by atomic mass is 16.7. The number of ether oxygens (including phenoxy) is 4. The lowest BCUT2D eigenvalue weighted by molar-refractivity contribution is -0.255. The first kappa shape index (κ1) is 24.4. The number of anilines is 1. The van der Waals surface area contributed by atoms with Gasteiger partial charge in [0, 0.05) is 57.1 Å². The van der Waals surface area contributed by atoms with Crippen LogP contribution in [-0.2, 0) is 30.3 Å². The van der Waals surface area contributed by atoms with Gasteiger partial charge in [0.25, 0.3) is 0 Å². The van der Waals surface area contributed by atoms with Gasteiger partial charge >= 0.3 is 0 Å². The Balaban J connectivity index is 1.32. The van der Waals surface area contributed by atoms with Crippen molar-refractivity contribution in [2.45, 2.75) is 57.1 Å². The van der Waals surface area contributed by atoms with Gasteiger partial charge in [-0.1, -0.05) is 36.4 Å². The van der Waals surface area contributed by atoms with E-state index in [-0.39, 0.29) is 24.7 Å². The second kappa shape index (κ2) is 10.7. The summed E-state index contributed by atoms with van der Waals surface area (Å²) in [6.07, 6.45) is 1.74. The van der Waals surface area contributed by atoms with Crippen molar-refractivity contribution in [2.75, 3.05) is 38.2 Å². The topological polar surface area (TPSA) is 89.5 Å². The van der Waals surface area contributed by atoms with Crippen molar-refractivity contribution in [2.24, 2.45) is 0 Å². The number of piperidine rings is 1. The molecule has 0 aromatic heterocycles. The Labute approximate surface area is 206 Å². The van der Waals surface area contributed by atoms with Gasteiger partial charge in [-0.3, -0.25) is 4.79 Å². The Morgan fingerprint density at radius 2 is 1.80 bits per heavy atom. The summed E-state index contributed by atoms with van der Waals surface area (Å²) in [5.74, 6) is -0.512. The van der Waals surface area contributed by atoms with Crippen LogP contribution in [0.25, 0.3) is 0 Å². The predicted molar refractivity (Wildman–Crippen MR) is 129 cm³/mol. The molecule has 3 aliphatic rings. The number of nitrogens with zero attached hydrogens (tertiary/aromatic N) is 1. The number of rotatable bonds is 6. The smallest absolute Gasteiger partial charge is 0.221 e. The van der Waals surface area contributed by atoms with Gasteiger partial charge in [-0.05, 0) is 23.3 Å². The molecule has 2 aromatic rings. The minimum atomic E-state index is -0.553. The minimum absolute atomic E-state index is 0.0139. The van der Waals surface area contributed by atoms with E-state index in [0.29, 0.717) is 18.9 Å². The van der Waals surface area contributed by atoms with Crippen LogP contribution in [0.15, 0.2) is 48.5 Å². The molecule has 3 atom stereocenters. The zero-order valence-corrected chi connectivity index (χ0v) is 20.2. The monoisotopic (exact) mass is 482 g/mol. The molecule has 35 heavy (non-hydrogen) atoms. The van der Waals surface area contributed by atoms with E-state index in [2.05, 4.69) is 10.2 Å². The lowest BCUT2D eigenvalue weighted by atomic mass is 9.98. The van der Waals surface area contributed by atoms with E-state index in [1.165, 1.54) is 6.92 Å². The Kier molecular flexibility index (Phi) is 7.48. The normalized spacial score (nSPS) is 26.6. The number of carbonyl (C=O) groups excluding carboxylic acids is 1. The molecule has 3 saturated heterocycles. The molecule has 0 bridgehead atoms. The molecule has 8 nitrogen and oxygen atoms in total. The summed E-state index contributed by atoms with van der Waals surface area (Å²) in [6.45, 7) is 5.47. The summed E-state index contributed by atoms with van der Waals surface area (Å²) < 4.78 is 24.7. The number of aliphatic hydroxyl groups excluding tert-OH is 1. The van der Waals surface area contributed by atoms with Crippen LogP contribution in [0.2, 0.25) is 0 Å². The third kappa shape index (κ3) is 5.91. The quantitative estimate of drug-likeness (QED) is 0.651. The van der Waals surface area contributed by atoms with Crippen molar-refractivity contribution in [1.82, 2.24) is 4.90 Å². The van der Waals surface area contributed by atoms with Crippen molar-refractivity contribution in [3.05, 3.63) is 65.2 Å². The SMILES string of the molecule is CC(=O)Nc1cccc(C2OC(CN3CCC4(CC3)OCCO4)CC(c3ccc(CO)cc3)O2)c1. The fourth-order valence-electron chi connectivity index (χ4n) is 5.15. The highest BCUT2D eigenvalue weighted by molar-refractivity contribution is 5.88. The van der Waals surface area contributed by atoms with Gasteiger partial charge in [-0.25, -0.2) is 0 Å². The lowest BCUT2D eigenvalue weighted by Crippen LogP contribution is -2.48. The number of hydrogen-bond acceptors (Lipinski definition) is 7. The third-order valence-electron chi connectivity index (χ3n) is 6.99. The van der Waals surface area contributed by atoms with E-state index >= 15 is 0 Å². The molecular weight excluding hydrogens is 448 g/mol. The number of amides is 1. The minimum Gasteiger partial charge on any atom is -0.392 e. The van der Waals surface area contributed by atoms with Gasteiger partial charge in [0.1, 0.15) is 0 Å². The van der Waals surface area contributed by atoms with Gasteiger partial charge in [0.15, 0.2) is 12.1 Å². The Hall–Kier alpha value is -2.33. The molecule has 5 rings (SSSR count). The Bertz CT molecular complexity index is 997. The number of benzene rings is 2. The zero-order chi connectivity index (χ0) is 24.3. The summed E-state index contributed by atoms with van der Waals surface area (Å²) in [4.78, 5) is 14.0. The molecule has 0 saturated carbocycles. The standard InChI is InChI=1S/C27H34N2O6/c1-19(31)28-23-4-2-3-22(15-23)26-34-24(16-25(35-26)21-7-5-20(18-30)6-8-21)17-29-11-9-27(10-12-29)32-13-14-33-27/h2-8,15,24-26,30H,9-14,16-18H2,1H3,(H,28,31). The largest absolute Gasteiger partial charge is 0.392 e. The maximum atomic E-state index is 11.5. The Morgan fingerprint density at radius 1 is 1.06 bits per heavy atom. The van der Waals surface area contributed by atoms with Crippen LogP contribution in [0.1, 0.15) is 55.3 Å². The van der Waals surface area contributed by atoms with E-state index < -0.39 is 12.1 Å². The molecule has 0 aliphatic carbocycles. The number of aliphatic hydroxyl groups is 1. The molecule has 0 radical (unpaired) electrons. The second-order valence-electron chi connectivity index (χ2n) is 9.57. The van der Waals surface area contributed by atoms with Crippen molar-refractivity contribution < 1.29 is 28.8 Å². The first-order valence-electron chi connectivity index (χ1n) is 12.4. The van der Waals surface area contributed by atoms with E-state index in [1.807, 2.05) is 48.5 Å². The first-order chi connectivity index (χ1) is 17.0. The van der Waals surface area contributed by atoms with Crippen molar-refractivity contribution in [1.29, 1.82) is 0 Å². The van der Waals surface area contributed by atoms with Crippen LogP contribution in [-0.4, -0.2) is 60.7 Å². The predicted octanol–water partition coefficient (Wildman–Crippen LogP) is 3.52. The van der Waals surface area contributed by atoms with Crippen LogP contribution in [0.4, 0.5) is 5.69 Å². The average Bonchev–Trinajstić information content (AvgIpc) is 3.33. The lowest BCUT2D eigenvalue weighted by Gasteiger charge is -2.41. The van der Waals surface area contributed by atoms with Gasteiger partial charge in [-0.2, -0.15) is 0 Å². The van der Waals surface area contributed by atoms with Crippen LogP contribution in [0.3, 0.4) is 0 Å². The number of hydrogen-bond donors (Lipinski definition) is 2. The number of nitrogens with one attached hydrogen (secondary N) is 1. The molecule has 2 N–H and O–H groups in total. The van der Waals surface area contributed by atoms with E-state index in [0.717, 1.165) is 55.6 Å². The molecule has 3 fully saturated rings. The van der Waals surface area contributed by atoms with Gasteiger partial charge in [0.05, 0.1) is 32.0 Å². The first-order valence-corrected chi connectivity index (χ1v) is 12.4.